The molecule has 0 heterocycles. The van der Waals surface area contributed by atoms with E-state index in [9.17, 15) is 22.8 Å². The van der Waals surface area contributed by atoms with E-state index in [1.54, 1.807) is 0 Å². The number of hydrogen-bond acceptors (Lipinski definition) is 4. The van der Waals surface area contributed by atoms with E-state index >= 15 is 0 Å². The molecular formula is C19H16F3NO4. The van der Waals surface area contributed by atoms with E-state index in [0.29, 0.717) is 0 Å². The molecule has 2 aromatic carbocycles. The zero-order valence-corrected chi connectivity index (χ0v) is 14.0. The highest BCUT2D eigenvalue weighted by Gasteiger charge is 2.32. The van der Waals surface area contributed by atoms with Crippen molar-refractivity contribution in [2.24, 2.45) is 0 Å². The van der Waals surface area contributed by atoms with Gasteiger partial charge in [-0.05, 0) is 37.1 Å². The smallest absolute Gasteiger partial charge is 0.387 e. The minimum Gasteiger partial charge on any atom is -0.444 e. The van der Waals surface area contributed by atoms with Crippen molar-refractivity contribution in [2.45, 2.75) is 31.6 Å². The highest BCUT2D eigenvalue weighted by atomic mass is 19.3. The molecule has 1 N–H and O–H groups in total. The van der Waals surface area contributed by atoms with Gasteiger partial charge in [0, 0.05) is 11.6 Å². The third kappa shape index (κ3) is 4.99. The molecule has 1 aliphatic carbocycles. The van der Waals surface area contributed by atoms with Gasteiger partial charge in [0.25, 0.3) is 5.91 Å². The number of para-hydroxylation sites is 1. The summed E-state index contributed by atoms with van der Waals surface area (Å²) >= 11 is 0. The second-order valence-corrected chi connectivity index (χ2v) is 5.99. The molecule has 0 bridgehead atoms. The van der Waals surface area contributed by atoms with Gasteiger partial charge in [0.05, 0.1) is 0 Å². The van der Waals surface area contributed by atoms with Gasteiger partial charge >= 0.3 is 12.6 Å². The van der Waals surface area contributed by atoms with Crippen LogP contribution in [-0.2, 0) is 9.53 Å². The predicted octanol–water partition coefficient (Wildman–Crippen LogP) is 3.60. The second-order valence-electron chi connectivity index (χ2n) is 5.99. The number of amides is 1. The molecule has 1 fully saturated rings. The van der Waals surface area contributed by atoms with E-state index in [4.69, 9.17) is 4.74 Å². The van der Waals surface area contributed by atoms with Crippen LogP contribution in [0.2, 0.25) is 0 Å². The molecule has 27 heavy (non-hydrogen) atoms. The monoisotopic (exact) mass is 379 g/mol. The first-order chi connectivity index (χ1) is 12.9. The fourth-order valence-electron chi connectivity index (χ4n) is 2.42. The molecule has 1 aliphatic rings. The summed E-state index contributed by atoms with van der Waals surface area (Å²) in [4.78, 5) is 25.0. The van der Waals surface area contributed by atoms with Crippen molar-refractivity contribution in [1.82, 2.24) is 5.32 Å². The van der Waals surface area contributed by atoms with E-state index < -0.39 is 30.4 Å². The summed E-state index contributed by atoms with van der Waals surface area (Å²) < 4.78 is 47.8. The summed E-state index contributed by atoms with van der Waals surface area (Å²) in [5, 5.41) is 2.71. The summed E-state index contributed by atoms with van der Waals surface area (Å²) in [6.07, 6.45) is 0.292. The van der Waals surface area contributed by atoms with Crippen molar-refractivity contribution >= 4 is 11.9 Å². The molecule has 1 unspecified atom stereocenters. The van der Waals surface area contributed by atoms with Crippen LogP contribution in [-0.4, -0.2) is 24.5 Å². The first kappa shape index (κ1) is 18.8. The standard InChI is InChI=1S/C19H16F3NO4/c20-12-7-5-11(6-8-12)16(17(24)23-13-9-10-13)27-18(25)14-3-1-2-4-15(14)26-19(21)22/h1-8,13,16,19H,9-10H2,(H,23,24). The van der Waals surface area contributed by atoms with Crippen LogP contribution in [0.3, 0.4) is 0 Å². The number of nitrogens with one attached hydrogen (secondary N) is 1. The van der Waals surface area contributed by atoms with Crippen LogP contribution in [0.1, 0.15) is 34.9 Å². The molecule has 0 saturated heterocycles. The molecule has 0 aromatic heterocycles. The number of rotatable bonds is 7. The summed E-state index contributed by atoms with van der Waals surface area (Å²) in [7, 11) is 0. The Hall–Kier alpha value is -3.03. The molecule has 142 valence electrons. The number of carbonyl (C=O) groups excluding carboxylic acids is 2. The lowest BCUT2D eigenvalue weighted by Crippen LogP contribution is -2.33. The summed E-state index contributed by atoms with van der Waals surface area (Å²) in [6, 6.07) is 10.2. The van der Waals surface area contributed by atoms with E-state index in [0.717, 1.165) is 25.0 Å². The molecule has 0 radical (unpaired) electrons. The number of esters is 1. The summed E-state index contributed by atoms with van der Waals surface area (Å²) in [5.74, 6) is -2.45. The van der Waals surface area contributed by atoms with Crippen molar-refractivity contribution in [2.75, 3.05) is 0 Å². The van der Waals surface area contributed by atoms with Crippen molar-refractivity contribution in [3.8, 4) is 5.75 Å². The average Bonchev–Trinajstić information content (AvgIpc) is 3.44. The molecule has 8 heteroatoms. The average molecular weight is 379 g/mol. The minimum absolute atomic E-state index is 0.00797. The van der Waals surface area contributed by atoms with Crippen LogP contribution in [0, 0.1) is 5.82 Å². The molecule has 2 aromatic rings. The molecular weight excluding hydrogens is 363 g/mol. The van der Waals surface area contributed by atoms with Gasteiger partial charge in [-0.2, -0.15) is 8.78 Å². The Bertz CT molecular complexity index is 822. The van der Waals surface area contributed by atoms with Crippen molar-refractivity contribution in [3.05, 3.63) is 65.5 Å². The molecule has 3 rings (SSSR count). The van der Waals surface area contributed by atoms with Gasteiger partial charge in [-0.25, -0.2) is 9.18 Å². The summed E-state index contributed by atoms with van der Waals surface area (Å²) in [5.41, 5.74) is 0.0132. The van der Waals surface area contributed by atoms with Crippen LogP contribution in [0.5, 0.6) is 5.75 Å². The van der Waals surface area contributed by atoms with Crippen molar-refractivity contribution < 1.29 is 32.2 Å². The van der Waals surface area contributed by atoms with Crippen LogP contribution in [0.4, 0.5) is 13.2 Å². The predicted molar refractivity (Wildman–Crippen MR) is 88.8 cm³/mol. The van der Waals surface area contributed by atoms with Gasteiger partial charge in [0.1, 0.15) is 17.1 Å². The van der Waals surface area contributed by atoms with Gasteiger partial charge in [-0.3, -0.25) is 4.79 Å². The second kappa shape index (κ2) is 8.11. The van der Waals surface area contributed by atoms with Crippen LogP contribution in [0.25, 0.3) is 0 Å². The molecule has 5 nitrogen and oxygen atoms in total. The molecule has 1 amide bonds. The highest BCUT2D eigenvalue weighted by molar-refractivity contribution is 5.95. The van der Waals surface area contributed by atoms with Gasteiger partial charge in [0.15, 0.2) is 0 Å². The van der Waals surface area contributed by atoms with E-state index in [-0.39, 0.29) is 22.9 Å². The largest absolute Gasteiger partial charge is 0.444 e. The first-order valence-corrected chi connectivity index (χ1v) is 8.24. The molecule has 0 spiro atoms. The number of ether oxygens (including phenoxy) is 2. The fourth-order valence-corrected chi connectivity index (χ4v) is 2.42. The Morgan fingerprint density at radius 1 is 1.04 bits per heavy atom. The number of carbonyl (C=O) groups is 2. The Kier molecular flexibility index (Phi) is 5.63. The zero-order valence-electron chi connectivity index (χ0n) is 14.0. The SMILES string of the molecule is O=C(OC(C(=O)NC1CC1)c1ccc(F)cc1)c1ccccc1OC(F)F. The van der Waals surface area contributed by atoms with Gasteiger partial charge in [0.2, 0.25) is 6.10 Å². The zero-order chi connectivity index (χ0) is 19.4. The van der Waals surface area contributed by atoms with E-state index in [1.807, 2.05) is 0 Å². The van der Waals surface area contributed by atoms with Crippen LogP contribution >= 0.6 is 0 Å². The summed E-state index contributed by atoms with van der Waals surface area (Å²) in [6.45, 7) is -3.12. The third-order valence-corrected chi connectivity index (χ3v) is 3.88. The fraction of sp³-hybridized carbons (Fsp3) is 0.263. The normalized spacial score (nSPS) is 14.5. The van der Waals surface area contributed by atoms with E-state index in [1.165, 1.54) is 36.4 Å². The van der Waals surface area contributed by atoms with Crippen LogP contribution < -0.4 is 10.1 Å². The first-order valence-electron chi connectivity index (χ1n) is 8.24. The third-order valence-electron chi connectivity index (χ3n) is 3.88. The quantitative estimate of drug-likeness (QED) is 0.747. The van der Waals surface area contributed by atoms with Gasteiger partial charge < -0.3 is 14.8 Å². The Labute approximate surface area is 153 Å². The Balaban J connectivity index is 1.84. The lowest BCUT2D eigenvalue weighted by molar-refractivity contribution is -0.130. The van der Waals surface area contributed by atoms with Crippen molar-refractivity contribution in [1.29, 1.82) is 0 Å². The topological polar surface area (TPSA) is 64.6 Å². The number of alkyl halides is 2. The maximum absolute atomic E-state index is 13.2. The molecule has 1 saturated carbocycles. The minimum atomic E-state index is -3.12. The molecule has 0 aliphatic heterocycles. The van der Waals surface area contributed by atoms with Gasteiger partial charge in [-0.1, -0.05) is 24.3 Å². The maximum Gasteiger partial charge on any atom is 0.387 e. The lowest BCUT2D eigenvalue weighted by Gasteiger charge is -2.19. The Morgan fingerprint density at radius 3 is 2.33 bits per heavy atom. The highest BCUT2D eigenvalue weighted by Crippen LogP contribution is 2.27. The number of halogens is 3. The van der Waals surface area contributed by atoms with Crippen LogP contribution in [0.15, 0.2) is 48.5 Å². The lowest BCUT2D eigenvalue weighted by atomic mass is 10.1. The molecule has 1 atom stereocenters. The van der Waals surface area contributed by atoms with Crippen molar-refractivity contribution in [3.63, 3.8) is 0 Å². The maximum atomic E-state index is 13.2. The number of hydrogen-bond donors (Lipinski definition) is 1. The van der Waals surface area contributed by atoms with E-state index in [2.05, 4.69) is 10.1 Å². The number of benzene rings is 2. The Morgan fingerprint density at radius 2 is 1.70 bits per heavy atom. The van der Waals surface area contributed by atoms with Gasteiger partial charge in [-0.15, -0.1) is 0 Å².